The lowest BCUT2D eigenvalue weighted by Crippen LogP contribution is -2.11. The van der Waals surface area contributed by atoms with Crippen LogP contribution in [0, 0.1) is 5.41 Å². The molecule has 5 heteroatoms. The molecule has 112 valence electrons. The summed E-state index contributed by atoms with van der Waals surface area (Å²) in [5.74, 6) is 1.32. The van der Waals surface area contributed by atoms with Crippen LogP contribution in [0.2, 0.25) is 0 Å². The van der Waals surface area contributed by atoms with E-state index in [1.807, 2.05) is 6.92 Å². The first-order valence-corrected chi connectivity index (χ1v) is 7.77. The molecule has 0 amide bonds. The van der Waals surface area contributed by atoms with Crippen LogP contribution in [0.1, 0.15) is 29.2 Å². The van der Waals surface area contributed by atoms with Gasteiger partial charge in [0, 0.05) is 15.3 Å². The maximum Gasteiger partial charge on any atom is 0.161 e. The maximum atomic E-state index is 7.48. The van der Waals surface area contributed by atoms with E-state index >= 15 is 0 Å². The molecule has 1 aromatic carbocycles. The Bertz CT molecular complexity index is 622. The first-order valence-electron chi connectivity index (χ1n) is 6.95. The molecule has 2 rings (SSSR count). The van der Waals surface area contributed by atoms with Gasteiger partial charge in [-0.05, 0) is 43.7 Å². The summed E-state index contributed by atoms with van der Waals surface area (Å²) in [6, 6.07) is 9.54. The zero-order chi connectivity index (χ0) is 15.2. The number of ether oxygens (including phenoxy) is 2. The molecule has 0 saturated heterocycles. The van der Waals surface area contributed by atoms with Crippen molar-refractivity contribution in [3.8, 4) is 11.5 Å². The highest BCUT2D eigenvalue weighted by Crippen LogP contribution is 2.30. The fourth-order valence-electron chi connectivity index (χ4n) is 1.90. The van der Waals surface area contributed by atoms with Gasteiger partial charge in [0.05, 0.1) is 6.61 Å². The van der Waals surface area contributed by atoms with Crippen molar-refractivity contribution in [3.63, 3.8) is 0 Å². The lowest BCUT2D eigenvalue weighted by molar-refractivity contribution is 0.271. The molecule has 0 aliphatic carbocycles. The number of nitrogen functional groups attached to an aromatic ring is 1. The zero-order valence-corrected chi connectivity index (χ0v) is 13.1. The number of benzene rings is 1. The van der Waals surface area contributed by atoms with Crippen LogP contribution in [-0.2, 0) is 13.0 Å². The zero-order valence-electron chi connectivity index (χ0n) is 12.3. The highest BCUT2D eigenvalue weighted by molar-refractivity contribution is 7.11. The Morgan fingerprint density at radius 1 is 1.10 bits per heavy atom. The SMILES string of the molecule is CCOc1cc(C(=N)N)ccc1OCc1ccc(CC)s1. The fourth-order valence-corrected chi connectivity index (χ4v) is 2.77. The molecule has 1 aromatic heterocycles. The third-order valence-corrected chi connectivity index (χ3v) is 4.19. The first kappa shape index (κ1) is 15.4. The van der Waals surface area contributed by atoms with Crippen LogP contribution in [0.4, 0.5) is 0 Å². The Hall–Kier alpha value is -2.01. The number of aryl methyl sites for hydroxylation is 1. The van der Waals surface area contributed by atoms with Gasteiger partial charge in [-0.15, -0.1) is 11.3 Å². The normalized spacial score (nSPS) is 10.4. The summed E-state index contributed by atoms with van der Waals surface area (Å²) in [4.78, 5) is 2.54. The molecule has 0 atom stereocenters. The standard InChI is InChI=1S/C16H20N2O2S/c1-3-12-6-7-13(21-12)10-20-14-8-5-11(16(17)18)9-15(14)19-4-2/h5-9H,3-4,10H2,1-2H3,(H3,17,18). The van der Waals surface area contributed by atoms with E-state index in [0.717, 1.165) is 6.42 Å². The van der Waals surface area contributed by atoms with Crippen molar-refractivity contribution in [2.45, 2.75) is 26.9 Å². The van der Waals surface area contributed by atoms with E-state index in [2.05, 4.69) is 19.1 Å². The molecule has 4 nitrogen and oxygen atoms in total. The van der Waals surface area contributed by atoms with Crippen molar-refractivity contribution in [1.82, 2.24) is 0 Å². The van der Waals surface area contributed by atoms with Crippen LogP contribution in [0.3, 0.4) is 0 Å². The fraction of sp³-hybridized carbons (Fsp3) is 0.312. The van der Waals surface area contributed by atoms with Crippen molar-refractivity contribution in [1.29, 1.82) is 5.41 Å². The van der Waals surface area contributed by atoms with Crippen molar-refractivity contribution >= 4 is 17.2 Å². The molecule has 2 aromatic rings. The number of amidine groups is 1. The van der Waals surface area contributed by atoms with Crippen LogP contribution in [0.15, 0.2) is 30.3 Å². The van der Waals surface area contributed by atoms with Gasteiger partial charge in [0.15, 0.2) is 11.5 Å². The summed E-state index contributed by atoms with van der Waals surface area (Å²) >= 11 is 1.76. The predicted molar refractivity (Wildman–Crippen MR) is 86.7 cm³/mol. The average molecular weight is 304 g/mol. The van der Waals surface area contributed by atoms with E-state index < -0.39 is 0 Å². The van der Waals surface area contributed by atoms with Crippen molar-refractivity contribution in [3.05, 3.63) is 45.6 Å². The summed E-state index contributed by atoms with van der Waals surface area (Å²) in [5.41, 5.74) is 6.13. The molecule has 3 N–H and O–H groups in total. The molecule has 0 spiro atoms. The topological polar surface area (TPSA) is 68.3 Å². The molecule has 0 bridgehead atoms. The molecular formula is C16H20N2O2S. The second-order valence-corrected chi connectivity index (χ2v) is 5.77. The average Bonchev–Trinajstić information content (AvgIpc) is 2.94. The number of nitrogens with two attached hydrogens (primary N) is 1. The van der Waals surface area contributed by atoms with Gasteiger partial charge in [0.2, 0.25) is 0 Å². The van der Waals surface area contributed by atoms with Crippen LogP contribution < -0.4 is 15.2 Å². The molecule has 21 heavy (non-hydrogen) atoms. The van der Waals surface area contributed by atoms with Gasteiger partial charge in [0.1, 0.15) is 12.4 Å². The maximum absolute atomic E-state index is 7.48. The summed E-state index contributed by atoms with van der Waals surface area (Å²) in [6.07, 6.45) is 1.04. The number of hydrogen-bond donors (Lipinski definition) is 2. The first-order chi connectivity index (χ1) is 10.1. The van der Waals surface area contributed by atoms with E-state index in [-0.39, 0.29) is 5.84 Å². The van der Waals surface area contributed by atoms with E-state index in [0.29, 0.717) is 30.3 Å². The molecule has 0 aliphatic heterocycles. The highest BCUT2D eigenvalue weighted by atomic mass is 32.1. The monoisotopic (exact) mass is 304 g/mol. The van der Waals surface area contributed by atoms with Crippen LogP contribution in [-0.4, -0.2) is 12.4 Å². The lowest BCUT2D eigenvalue weighted by Gasteiger charge is -2.12. The van der Waals surface area contributed by atoms with Crippen molar-refractivity contribution in [2.75, 3.05) is 6.61 Å². The Labute approximate surface area is 129 Å². The van der Waals surface area contributed by atoms with Gasteiger partial charge in [-0.2, -0.15) is 0 Å². The molecular weight excluding hydrogens is 284 g/mol. The second kappa shape index (κ2) is 7.13. The number of nitrogens with one attached hydrogen (secondary N) is 1. The van der Waals surface area contributed by atoms with E-state index in [1.54, 1.807) is 29.5 Å². The minimum atomic E-state index is 0.0216. The Morgan fingerprint density at radius 2 is 1.86 bits per heavy atom. The highest BCUT2D eigenvalue weighted by Gasteiger charge is 2.09. The Kier molecular flexibility index (Phi) is 5.22. The summed E-state index contributed by atoms with van der Waals surface area (Å²) < 4.78 is 11.4. The minimum Gasteiger partial charge on any atom is -0.490 e. The van der Waals surface area contributed by atoms with E-state index in [4.69, 9.17) is 20.6 Å². The molecule has 1 heterocycles. The van der Waals surface area contributed by atoms with Crippen LogP contribution in [0.25, 0.3) is 0 Å². The van der Waals surface area contributed by atoms with Crippen LogP contribution >= 0.6 is 11.3 Å². The smallest absolute Gasteiger partial charge is 0.161 e. The van der Waals surface area contributed by atoms with Gasteiger partial charge in [-0.25, -0.2) is 0 Å². The molecule has 0 radical (unpaired) electrons. The Morgan fingerprint density at radius 3 is 2.48 bits per heavy atom. The number of rotatable bonds is 7. The van der Waals surface area contributed by atoms with Crippen molar-refractivity contribution in [2.24, 2.45) is 5.73 Å². The van der Waals surface area contributed by atoms with Gasteiger partial charge >= 0.3 is 0 Å². The summed E-state index contributed by atoms with van der Waals surface area (Å²) in [7, 11) is 0. The molecule has 0 aliphatic rings. The van der Waals surface area contributed by atoms with Gasteiger partial charge in [-0.1, -0.05) is 6.92 Å². The van der Waals surface area contributed by atoms with E-state index in [1.165, 1.54) is 9.75 Å². The predicted octanol–water partition coefficient (Wildman–Crippen LogP) is 3.57. The third kappa shape index (κ3) is 3.98. The molecule has 0 saturated carbocycles. The van der Waals surface area contributed by atoms with Gasteiger partial charge < -0.3 is 15.2 Å². The van der Waals surface area contributed by atoms with Gasteiger partial charge in [0.25, 0.3) is 0 Å². The molecule has 0 unspecified atom stereocenters. The van der Waals surface area contributed by atoms with Crippen molar-refractivity contribution < 1.29 is 9.47 Å². The summed E-state index contributed by atoms with van der Waals surface area (Å²) in [6.45, 7) is 5.11. The Balaban J connectivity index is 2.12. The lowest BCUT2D eigenvalue weighted by atomic mass is 10.2. The number of hydrogen-bond acceptors (Lipinski definition) is 4. The van der Waals surface area contributed by atoms with Crippen LogP contribution in [0.5, 0.6) is 11.5 Å². The third-order valence-electron chi connectivity index (χ3n) is 2.99. The second-order valence-electron chi connectivity index (χ2n) is 4.52. The van der Waals surface area contributed by atoms with Gasteiger partial charge in [-0.3, -0.25) is 5.41 Å². The molecule has 0 fully saturated rings. The van der Waals surface area contributed by atoms with E-state index in [9.17, 15) is 0 Å². The minimum absolute atomic E-state index is 0.0216. The quantitative estimate of drug-likeness (QED) is 0.607. The summed E-state index contributed by atoms with van der Waals surface area (Å²) in [5, 5.41) is 7.48. The number of thiophene rings is 1. The largest absolute Gasteiger partial charge is 0.490 e.